The van der Waals surface area contributed by atoms with Crippen LogP contribution in [0.2, 0.25) is 0 Å². The summed E-state index contributed by atoms with van der Waals surface area (Å²) in [6, 6.07) is 14.9. The lowest BCUT2D eigenvalue weighted by Gasteiger charge is -2.34. The van der Waals surface area contributed by atoms with E-state index in [2.05, 4.69) is 45.6 Å². The van der Waals surface area contributed by atoms with Gasteiger partial charge in [0.15, 0.2) is 5.11 Å². The van der Waals surface area contributed by atoms with Crippen LogP contribution in [0.5, 0.6) is 0 Å². The minimum atomic E-state index is 0.568. The number of nitrogens with zero attached hydrogens (tertiary/aromatic N) is 2. The molecule has 126 valence electrons. The van der Waals surface area contributed by atoms with Crippen molar-refractivity contribution in [3.63, 3.8) is 0 Å². The molecule has 2 N–H and O–H groups in total. The number of thiocarbonyl (C=S) groups is 1. The van der Waals surface area contributed by atoms with Gasteiger partial charge in [0.1, 0.15) is 5.82 Å². The largest absolute Gasteiger partial charge is 0.358 e. The second-order valence-electron chi connectivity index (χ2n) is 6.24. The van der Waals surface area contributed by atoms with Crippen LogP contribution in [0, 0.1) is 0 Å². The Labute approximate surface area is 149 Å². The van der Waals surface area contributed by atoms with E-state index in [1.54, 1.807) is 0 Å². The molecule has 2 heterocycles. The van der Waals surface area contributed by atoms with Crippen LogP contribution >= 0.6 is 12.2 Å². The number of nitrogens with one attached hydrogen (secondary N) is 2. The van der Waals surface area contributed by atoms with Crippen molar-refractivity contribution in [3.05, 3.63) is 54.2 Å². The Balaban J connectivity index is 1.53. The van der Waals surface area contributed by atoms with Crippen LogP contribution in [0.25, 0.3) is 0 Å². The van der Waals surface area contributed by atoms with Crippen LogP contribution in [0.4, 0.5) is 11.5 Å². The Hall–Kier alpha value is -2.14. The van der Waals surface area contributed by atoms with Gasteiger partial charge in [-0.2, -0.15) is 0 Å². The lowest BCUT2D eigenvalue weighted by molar-refractivity contribution is 0.481. The number of piperidine rings is 1. The molecule has 24 heavy (non-hydrogen) atoms. The molecule has 0 saturated carbocycles. The first-order chi connectivity index (χ1) is 11.7. The maximum Gasteiger partial charge on any atom is 0.171 e. The zero-order valence-electron chi connectivity index (χ0n) is 14.0. The highest BCUT2D eigenvalue weighted by Crippen LogP contribution is 2.23. The fraction of sp³-hybridized carbons (Fsp3) is 0.368. The van der Waals surface area contributed by atoms with E-state index in [1.165, 1.54) is 24.8 Å². The predicted molar refractivity (Wildman–Crippen MR) is 104 cm³/mol. The summed E-state index contributed by atoms with van der Waals surface area (Å²) in [5, 5.41) is 7.02. The first-order valence-corrected chi connectivity index (χ1v) is 8.94. The summed E-state index contributed by atoms with van der Waals surface area (Å²) in [4.78, 5) is 6.99. The van der Waals surface area contributed by atoms with Crippen LogP contribution in [-0.2, 0) is 6.54 Å². The Morgan fingerprint density at radius 1 is 1.21 bits per heavy atom. The zero-order chi connectivity index (χ0) is 16.8. The molecule has 2 aromatic rings. The summed E-state index contributed by atoms with van der Waals surface area (Å²) in [6.45, 7) is 4.08. The van der Waals surface area contributed by atoms with Gasteiger partial charge in [0.25, 0.3) is 0 Å². The van der Waals surface area contributed by atoms with Crippen molar-refractivity contribution in [2.75, 3.05) is 16.8 Å². The van der Waals surface area contributed by atoms with Gasteiger partial charge in [0.2, 0.25) is 0 Å². The molecule has 1 aliphatic heterocycles. The minimum absolute atomic E-state index is 0.568. The van der Waals surface area contributed by atoms with Gasteiger partial charge in [-0.15, -0.1) is 0 Å². The topological polar surface area (TPSA) is 40.2 Å². The molecule has 1 atom stereocenters. The number of anilines is 2. The third kappa shape index (κ3) is 4.45. The summed E-state index contributed by atoms with van der Waals surface area (Å²) < 4.78 is 0. The second-order valence-corrected chi connectivity index (χ2v) is 6.64. The SMILES string of the molecule is C[C@H]1CCCCN1c1ccc(NC(=S)NCc2ccccc2)cn1. The maximum atomic E-state index is 5.35. The summed E-state index contributed by atoms with van der Waals surface area (Å²) in [5.74, 6) is 1.05. The zero-order valence-corrected chi connectivity index (χ0v) is 14.9. The molecule has 0 radical (unpaired) electrons. The molecule has 5 heteroatoms. The quantitative estimate of drug-likeness (QED) is 0.825. The molecule has 1 aliphatic rings. The summed E-state index contributed by atoms with van der Waals surface area (Å²) in [7, 11) is 0. The van der Waals surface area contributed by atoms with Gasteiger partial charge in [0, 0.05) is 19.1 Å². The minimum Gasteiger partial charge on any atom is -0.358 e. The van der Waals surface area contributed by atoms with Gasteiger partial charge in [-0.25, -0.2) is 4.98 Å². The van der Waals surface area contributed by atoms with Gasteiger partial charge in [-0.05, 0) is 56.1 Å². The molecule has 0 aliphatic carbocycles. The Bertz CT molecular complexity index is 657. The van der Waals surface area contributed by atoms with E-state index < -0.39 is 0 Å². The molecular formula is C19H24N4S. The Morgan fingerprint density at radius 3 is 2.75 bits per heavy atom. The molecular weight excluding hydrogens is 316 g/mol. The highest BCUT2D eigenvalue weighted by Gasteiger charge is 2.19. The van der Waals surface area contributed by atoms with E-state index in [-0.39, 0.29) is 0 Å². The smallest absolute Gasteiger partial charge is 0.171 e. The van der Waals surface area contributed by atoms with Crippen molar-refractivity contribution in [1.82, 2.24) is 10.3 Å². The number of benzene rings is 1. The third-order valence-electron chi connectivity index (χ3n) is 4.40. The first kappa shape index (κ1) is 16.7. The predicted octanol–water partition coefficient (Wildman–Crippen LogP) is 3.95. The van der Waals surface area contributed by atoms with E-state index in [9.17, 15) is 0 Å². The van der Waals surface area contributed by atoms with Crippen LogP contribution in [0.15, 0.2) is 48.7 Å². The van der Waals surface area contributed by atoms with Crippen molar-refractivity contribution >= 4 is 28.8 Å². The van der Waals surface area contributed by atoms with Gasteiger partial charge in [0.05, 0.1) is 11.9 Å². The third-order valence-corrected chi connectivity index (χ3v) is 4.65. The van der Waals surface area contributed by atoms with Gasteiger partial charge in [-0.1, -0.05) is 30.3 Å². The highest BCUT2D eigenvalue weighted by molar-refractivity contribution is 7.80. The Morgan fingerprint density at radius 2 is 2.04 bits per heavy atom. The normalized spacial score (nSPS) is 17.4. The molecule has 4 nitrogen and oxygen atoms in total. The molecule has 1 aromatic carbocycles. The molecule has 3 rings (SSSR count). The van der Waals surface area contributed by atoms with E-state index in [4.69, 9.17) is 12.2 Å². The molecule has 0 amide bonds. The highest BCUT2D eigenvalue weighted by atomic mass is 32.1. The summed E-state index contributed by atoms with van der Waals surface area (Å²) in [6.07, 6.45) is 5.67. The average Bonchev–Trinajstić information content (AvgIpc) is 2.62. The average molecular weight is 340 g/mol. The summed E-state index contributed by atoms with van der Waals surface area (Å²) >= 11 is 5.35. The fourth-order valence-electron chi connectivity index (χ4n) is 3.02. The van der Waals surface area contributed by atoms with E-state index >= 15 is 0 Å². The number of aromatic nitrogens is 1. The number of rotatable bonds is 4. The van der Waals surface area contributed by atoms with Crippen molar-refractivity contribution in [2.45, 2.75) is 38.8 Å². The molecule has 1 aromatic heterocycles. The van der Waals surface area contributed by atoms with Crippen LogP contribution in [0.3, 0.4) is 0 Å². The first-order valence-electron chi connectivity index (χ1n) is 8.54. The molecule has 0 spiro atoms. The van der Waals surface area contributed by atoms with Crippen LogP contribution < -0.4 is 15.5 Å². The van der Waals surface area contributed by atoms with Gasteiger partial charge < -0.3 is 15.5 Å². The van der Waals surface area contributed by atoms with E-state index in [0.717, 1.165) is 18.1 Å². The standard InChI is InChI=1S/C19H24N4S/c1-15-7-5-6-12-23(15)18-11-10-17(14-20-18)22-19(24)21-13-16-8-3-2-4-9-16/h2-4,8-11,14-15H,5-7,12-13H2,1H3,(H2,21,22,24)/t15-/m0/s1. The van der Waals surface area contributed by atoms with Crippen LogP contribution in [0.1, 0.15) is 31.7 Å². The lowest BCUT2D eigenvalue weighted by atomic mass is 10.0. The summed E-state index contributed by atoms with van der Waals surface area (Å²) in [5.41, 5.74) is 2.11. The Kier molecular flexibility index (Phi) is 5.64. The number of hydrogen-bond acceptors (Lipinski definition) is 3. The fourth-order valence-corrected chi connectivity index (χ4v) is 3.21. The van der Waals surface area contributed by atoms with Crippen molar-refractivity contribution in [3.8, 4) is 0 Å². The van der Waals surface area contributed by atoms with E-state index in [1.807, 2.05) is 30.5 Å². The number of pyridine rings is 1. The van der Waals surface area contributed by atoms with Gasteiger partial charge in [-0.3, -0.25) is 0 Å². The molecule has 0 unspecified atom stereocenters. The van der Waals surface area contributed by atoms with Crippen molar-refractivity contribution < 1.29 is 0 Å². The van der Waals surface area contributed by atoms with Crippen LogP contribution in [-0.4, -0.2) is 22.7 Å². The molecule has 1 fully saturated rings. The lowest BCUT2D eigenvalue weighted by Crippen LogP contribution is -2.37. The number of hydrogen-bond donors (Lipinski definition) is 2. The molecule has 1 saturated heterocycles. The van der Waals surface area contributed by atoms with Gasteiger partial charge >= 0.3 is 0 Å². The van der Waals surface area contributed by atoms with E-state index in [0.29, 0.717) is 17.7 Å². The second kappa shape index (κ2) is 8.11. The monoisotopic (exact) mass is 340 g/mol. The maximum absolute atomic E-state index is 5.35. The molecule has 0 bridgehead atoms. The van der Waals surface area contributed by atoms with Crippen molar-refractivity contribution in [2.24, 2.45) is 0 Å². The van der Waals surface area contributed by atoms with Crippen molar-refractivity contribution in [1.29, 1.82) is 0 Å².